The molecule has 5 rings (SSSR count). The Morgan fingerprint density at radius 2 is 2.06 bits per heavy atom. The van der Waals surface area contributed by atoms with Crippen LogP contribution in [0.5, 0.6) is 0 Å². The molecule has 3 heterocycles. The van der Waals surface area contributed by atoms with Gasteiger partial charge >= 0.3 is 7.12 Å². The fourth-order valence-corrected chi connectivity index (χ4v) is 4.36. The van der Waals surface area contributed by atoms with Crippen molar-refractivity contribution in [3.05, 3.63) is 59.3 Å². The smallest absolute Gasteiger partial charge is 0.423 e. The lowest BCUT2D eigenvalue weighted by molar-refractivity contribution is 0.100. The summed E-state index contributed by atoms with van der Waals surface area (Å²) in [5.74, 6) is 0.598. The number of carbonyl (C=O) groups excluding carboxylic acids is 1. The summed E-state index contributed by atoms with van der Waals surface area (Å²) in [6, 6.07) is 12.4. The number of anilines is 2. The van der Waals surface area contributed by atoms with Gasteiger partial charge in [-0.05, 0) is 29.9 Å². The van der Waals surface area contributed by atoms with Crippen LogP contribution in [0.2, 0.25) is 0 Å². The normalized spacial score (nSPS) is 13.1. The van der Waals surface area contributed by atoms with E-state index in [0.29, 0.717) is 40.4 Å². The standard InChI is InChI=1S/C23H24BN7O3/c1-31-10-4-9-17-20(31)23(26-12-13-5-2-6-14(11-13)24(33)34)28-22(27-17)19-15-7-3-8-16(21(25)32)18(15)29-30-19/h2-3,5-8,11,33-34H,4,9-10,12H2,1H3,(H2,25,32)(H,29,30)(H,26,27,28). The van der Waals surface area contributed by atoms with Crippen molar-refractivity contribution in [3.8, 4) is 11.5 Å². The number of aromatic nitrogens is 4. The minimum atomic E-state index is -1.52. The zero-order chi connectivity index (χ0) is 23.8. The highest BCUT2D eigenvalue weighted by molar-refractivity contribution is 6.58. The van der Waals surface area contributed by atoms with Crippen molar-refractivity contribution in [2.24, 2.45) is 5.73 Å². The summed E-state index contributed by atoms with van der Waals surface area (Å²) >= 11 is 0. The molecule has 0 bridgehead atoms. The first-order valence-corrected chi connectivity index (χ1v) is 11.0. The molecule has 1 amide bonds. The Labute approximate surface area is 196 Å². The Morgan fingerprint density at radius 3 is 2.85 bits per heavy atom. The summed E-state index contributed by atoms with van der Waals surface area (Å²) < 4.78 is 0. The van der Waals surface area contributed by atoms with Crippen molar-refractivity contribution in [3.63, 3.8) is 0 Å². The lowest BCUT2D eigenvalue weighted by atomic mass is 9.80. The molecule has 0 radical (unpaired) electrons. The molecule has 0 aliphatic carbocycles. The molecule has 1 aliphatic rings. The highest BCUT2D eigenvalue weighted by Crippen LogP contribution is 2.35. The number of amides is 1. The fourth-order valence-electron chi connectivity index (χ4n) is 4.36. The Morgan fingerprint density at radius 1 is 1.24 bits per heavy atom. The van der Waals surface area contributed by atoms with Gasteiger partial charge in [0.2, 0.25) is 0 Å². The molecule has 0 unspecified atom stereocenters. The molecule has 0 saturated carbocycles. The van der Waals surface area contributed by atoms with E-state index >= 15 is 0 Å². The van der Waals surface area contributed by atoms with Gasteiger partial charge in [0.1, 0.15) is 16.9 Å². The molecule has 6 N–H and O–H groups in total. The van der Waals surface area contributed by atoms with Gasteiger partial charge in [-0.15, -0.1) is 0 Å². The second kappa shape index (κ2) is 8.77. The van der Waals surface area contributed by atoms with Crippen molar-refractivity contribution in [1.29, 1.82) is 0 Å². The largest absolute Gasteiger partial charge is 0.488 e. The van der Waals surface area contributed by atoms with Gasteiger partial charge in [0, 0.05) is 25.5 Å². The molecule has 0 atom stereocenters. The van der Waals surface area contributed by atoms with Crippen molar-refractivity contribution >= 4 is 40.9 Å². The molecule has 172 valence electrons. The van der Waals surface area contributed by atoms with E-state index < -0.39 is 13.0 Å². The van der Waals surface area contributed by atoms with Crippen LogP contribution in [0, 0.1) is 0 Å². The topological polar surface area (TPSA) is 153 Å². The molecular formula is C23H24BN7O3. The third-order valence-electron chi connectivity index (χ3n) is 6.03. The molecular weight excluding hydrogens is 433 g/mol. The number of H-pyrrole nitrogens is 1. The molecule has 0 fully saturated rings. The fraction of sp³-hybridized carbons (Fsp3) is 0.217. The van der Waals surface area contributed by atoms with Crippen LogP contribution in [-0.4, -0.2) is 56.8 Å². The summed E-state index contributed by atoms with van der Waals surface area (Å²) in [6.07, 6.45) is 1.79. The molecule has 2 aromatic carbocycles. The lowest BCUT2D eigenvalue weighted by Crippen LogP contribution is -2.30. The lowest BCUT2D eigenvalue weighted by Gasteiger charge is -2.29. The predicted octanol–water partition coefficient (Wildman–Crippen LogP) is 0.793. The third kappa shape index (κ3) is 3.95. The zero-order valence-electron chi connectivity index (χ0n) is 18.6. The van der Waals surface area contributed by atoms with Crippen LogP contribution >= 0.6 is 0 Å². The van der Waals surface area contributed by atoms with Gasteiger partial charge < -0.3 is 26.0 Å². The van der Waals surface area contributed by atoms with Crippen LogP contribution in [0.3, 0.4) is 0 Å². The first kappa shape index (κ1) is 21.9. The number of nitrogens with zero attached hydrogens (tertiary/aromatic N) is 4. The van der Waals surface area contributed by atoms with E-state index in [1.54, 1.807) is 30.3 Å². The number of carbonyl (C=O) groups is 1. The van der Waals surface area contributed by atoms with Gasteiger partial charge in [0.05, 0.1) is 11.3 Å². The van der Waals surface area contributed by atoms with Gasteiger partial charge in [0.15, 0.2) is 11.6 Å². The Balaban J connectivity index is 1.56. The zero-order valence-corrected chi connectivity index (χ0v) is 18.6. The van der Waals surface area contributed by atoms with Crippen molar-refractivity contribution in [2.45, 2.75) is 19.4 Å². The number of primary amides is 1. The van der Waals surface area contributed by atoms with Crippen molar-refractivity contribution in [2.75, 3.05) is 23.8 Å². The number of nitrogens with one attached hydrogen (secondary N) is 2. The van der Waals surface area contributed by atoms with Gasteiger partial charge in [0.25, 0.3) is 5.91 Å². The Kier molecular flexibility index (Phi) is 5.64. The van der Waals surface area contributed by atoms with Gasteiger partial charge in [-0.2, -0.15) is 5.10 Å². The number of hydrogen-bond acceptors (Lipinski definition) is 8. The molecule has 4 aromatic rings. The number of nitrogens with two attached hydrogens (primary N) is 1. The van der Waals surface area contributed by atoms with E-state index in [0.717, 1.165) is 41.7 Å². The second-order valence-electron chi connectivity index (χ2n) is 8.35. The molecule has 11 heteroatoms. The van der Waals surface area contributed by atoms with Crippen LogP contribution in [0.4, 0.5) is 11.5 Å². The van der Waals surface area contributed by atoms with E-state index in [-0.39, 0.29) is 0 Å². The van der Waals surface area contributed by atoms with E-state index in [2.05, 4.69) is 20.4 Å². The highest BCUT2D eigenvalue weighted by atomic mass is 16.4. The first-order chi connectivity index (χ1) is 16.4. The van der Waals surface area contributed by atoms with Crippen molar-refractivity contribution in [1.82, 2.24) is 20.2 Å². The van der Waals surface area contributed by atoms with Crippen LogP contribution in [0.1, 0.15) is 28.0 Å². The molecule has 2 aromatic heterocycles. The summed E-state index contributed by atoms with van der Waals surface area (Å²) in [6.45, 7) is 1.33. The average Bonchev–Trinajstić information content (AvgIpc) is 3.27. The van der Waals surface area contributed by atoms with Crippen LogP contribution in [0.15, 0.2) is 42.5 Å². The Hall–Kier alpha value is -3.96. The number of hydrogen-bond donors (Lipinski definition) is 5. The number of para-hydroxylation sites is 1. The second-order valence-corrected chi connectivity index (χ2v) is 8.35. The minimum Gasteiger partial charge on any atom is -0.423 e. The van der Waals surface area contributed by atoms with Gasteiger partial charge in [-0.25, -0.2) is 9.97 Å². The number of fused-ring (bicyclic) bond motifs is 2. The molecule has 1 aliphatic heterocycles. The van der Waals surface area contributed by atoms with E-state index in [4.69, 9.17) is 15.7 Å². The maximum Gasteiger partial charge on any atom is 0.488 e. The van der Waals surface area contributed by atoms with E-state index in [9.17, 15) is 14.8 Å². The van der Waals surface area contributed by atoms with Crippen molar-refractivity contribution < 1.29 is 14.8 Å². The number of aryl methyl sites for hydroxylation is 1. The summed E-state index contributed by atoms with van der Waals surface area (Å²) in [5, 5.41) is 30.4. The summed E-state index contributed by atoms with van der Waals surface area (Å²) in [5.41, 5.74) is 10.1. The first-order valence-electron chi connectivity index (χ1n) is 11.0. The SMILES string of the molecule is CN1CCCc2nc(-c3[nH]nc4c(C(N)=O)cccc34)nc(NCc3cccc(B(O)O)c3)c21. The monoisotopic (exact) mass is 457 g/mol. The summed E-state index contributed by atoms with van der Waals surface area (Å²) in [7, 11) is 0.489. The number of benzene rings is 2. The predicted molar refractivity (Wildman–Crippen MR) is 131 cm³/mol. The number of aromatic amines is 1. The highest BCUT2D eigenvalue weighted by Gasteiger charge is 2.24. The number of rotatable bonds is 6. The van der Waals surface area contributed by atoms with Crippen LogP contribution < -0.4 is 21.4 Å². The average molecular weight is 457 g/mol. The van der Waals surface area contributed by atoms with Gasteiger partial charge in [-0.3, -0.25) is 9.89 Å². The van der Waals surface area contributed by atoms with E-state index in [1.165, 1.54) is 0 Å². The van der Waals surface area contributed by atoms with E-state index in [1.807, 2.05) is 19.2 Å². The maximum absolute atomic E-state index is 11.8. The third-order valence-corrected chi connectivity index (χ3v) is 6.03. The molecule has 0 saturated heterocycles. The van der Waals surface area contributed by atoms with Crippen LogP contribution in [-0.2, 0) is 13.0 Å². The maximum atomic E-state index is 11.8. The van der Waals surface area contributed by atoms with Gasteiger partial charge in [-0.1, -0.05) is 36.4 Å². The molecule has 0 spiro atoms. The van der Waals surface area contributed by atoms with Crippen LogP contribution in [0.25, 0.3) is 22.4 Å². The molecule has 34 heavy (non-hydrogen) atoms. The summed E-state index contributed by atoms with van der Waals surface area (Å²) in [4.78, 5) is 23.6. The minimum absolute atomic E-state index is 0.335. The Bertz CT molecular complexity index is 1390. The molecule has 10 nitrogen and oxygen atoms in total. The quantitative estimate of drug-likeness (QED) is 0.267.